The molecule has 12 heteroatoms. The monoisotopic (exact) mass is 467 g/mol. The molecule has 0 saturated heterocycles. The lowest BCUT2D eigenvalue weighted by Gasteiger charge is -2.10. The molecule has 0 aliphatic rings. The Balaban J connectivity index is 1.36. The highest BCUT2D eigenvalue weighted by molar-refractivity contribution is 7.80. The molecule has 0 atom stereocenters. The molecule has 4 rings (SSSR count). The Hall–Kier alpha value is -3.77. The van der Waals surface area contributed by atoms with Crippen LogP contribution in [0.4, 0.5) is 5.69 Å². The minimum Gasteiger partial charge on any atom is -0.358 e. The molecule has 0 fully saturated rings. The van der Waals surface area contributed by atoms with E-state index in [1.54, 1.807) is 10.6 Å². The lowest BCUT2D eigenvalue weighted by molar-refractivity contribution is -0.385. The number of fused-ring (bicyclic) bond motifs is 1. The summed E-state index contributed by atoms with van der Waals surface area (Å²) in [4.78, 5) is 23.6. The highest BCUT2D eigenvalue weighted by Crippen LogP contribution is 2.25. The second-order valence-electron chi connectivity index (χ2n) is 6.68. The molecule has 2 aromatic carbocycles. The Kier molecular flexibility index (Phi) is 6.14. The zero-order chi connectivity index (χ0) is 22.7. The third kappa shape index (κ3) is 4.45. The van der Waals surface area contributed by atoms with E-state index in [0.29, 0.717) is 6.54 Å². The van der Waals surface area contributed by atoms with Gasteiger partial charge in [0.25, 0.3) is 11.6 Å². The molecule has 162 valence electrons. The number of thiocarbonyl (C=S) groups is 1. The Morgan fingerprint density at radius 2 is 1.94 bits per heavy atom. The molecular formula is C20H17N7O3S2. The van der Waals surface area contributed by atoms with Crippen molar-refractivity contribution in [3.63, 3.8) is 0 Å². The van der Waals surface area contributed by atoms with Crippen molar-refractivity contribution in [1.29, 1.82) is 0 Å². The molecule has 0 aliphatic heterocycles. The summed E-state index contributed by atoms with van der Waals surface area (Å²) < 4.78 is 1.76. The van der Waals surface area contributed by atoms with E-state index in [1.807, 2.05) is 31.2 Å². The van der Waals surface area contributed by atoms with Gasteiger partial charge < -0.3 is 5.32 Å². The number of aromatic nitrogens is 4. The summed E-state index contributed by atoms with van der Waals surface area (Å²) in [5.41, 5.74) is 1.56. The fraction of sp³-hybridized carbons (Fsp3) is 0.150. The first-order valence-corrected chi connectivity index (χ1v) is 10.8. The quantitative estimate of drug-likeness (QED) is 0.252. The lowest BCUT2D eigenvalue weighted by atomic mass is 10.1. The number of nitrogens with one attached hydrogen (secondary N) is 2. The Labute approximate surface area is 191 Å². The number of benzene rings is 2. The van der Waals surface area contributed by atoms with Crippen LogP contribution in [0.5, 0.6) is 0 Å². The van der Waals surface area contributed by atoms with E-state index in [0.717, 1.165) is 33.3 Å². The van der Waals surface area contributed by atoms with Crippen LogP contribution in [-0.2, 0) is 13.0 Å². The number of para-hydroxylation sites is 1. The van der Waals surface area contributed by atoms with Gasteiger partial charge in [0, 0.05) is 24.6 Å². The summed E-state index contributed by atoms with van der Waals surface area (Å²) in [6.45, 7) is 2.38. The minimum atomic E-state index is -0.639. The van der Waals surface area contributed by atoms with E-state index in [1.165, 1.54) is 29.5 Å². The smallest absolute Gasteiger partial charge is 0.282 e. The predicted molar refractivity (Wildman–Crippen MR) is 123 cm³/mol. The average Bonchev–Trinajstić information content (AvgIpc) is 3.39. The van der Waals surface area contributed by atoms with Crippen LogP contribution in [0.25, 0.3) is 15.5 Å². The first-order chi connectivity index (χ1) is 15.5. The van der Waals surface area contributed by atoms with Crippen LogP contribution in [0.2, 0.25) is 0 Å². The van der Waals surface area contributed by atoms with Crippen molar-refractivity contribution in [3.05, 3.63) is 75.6 Å². The molecule has 32 heavy (non-hydrogen) atoms. The maximum absolute atomic E-state index is 12.3. The molecule has 2 N–H and O–H groups in total. The zero-order valence-electron chi connectivity index (χ0n) is 16.8. The van der Waals surface area contributed by atoms with Gasteiger partial charge in [-0.15, -0.1) is 10.2 Å². The third-order valence-corrected chi connectivity index (χ3v) is 5.79. The summed E-state index contributed by atoms with van der Waals surface area (Å²) >= 11 is 6.62. The first-order valence-electron chi connectivity index (χ1n) is 9.59. The topological polar surface area (TPSA) is 127 Å². The van der Waals surface area contributed by atoms with E-state index in [9.17, 15) is 14.9 Å². The first kappa shape index (κ1) is 21.5. The second-order valence-corrected chi connectivity index (χ2v) is 8.04. The molecule has 0 spiro atoms. The summed E-state index contributed by atoms with van der Waals surface area (Å²) in [6.07, 6.45) is 0.753. The molecule has 4 aromatic rings. The van der Waals surface area contributed by atoms with E-state index < -0.39 is 10.8 Å². The van der Waals surface area contributed by atoms with Crippen LogP contribution >= 0.6 is 23.6 Å². The molecule has 0 bridgehead atoms. The van der Waals surface area contributed by atoms with Crippen LogP contribution in [-0.4, -0.2) is 35.8 Å². The van der Waals surface area contributed by atoms with Gasteiger partial charge in [0.15, 0.2) is 10.9 Å². The predicted octanol–water partition coefficient (Wildman–Crippen LogP) is 3.13. The number of nitrogens with zero attached hydrogens (tertiary/aromatic N) is 5. The fourth-order valence-corrected chi connectivity index (χ4v) is 4.01. The van der Waals surface area contributed by atoms with E-state index in [4.69, 9.17) is 12.2 Å². The van der Waals surface area contributed by atoms with Crippen molar-refractivity contribution >= 4 is 45.2 Å². The maximum Gasteiger partial charge on any atom is 0.282 e. The third-order valence-electron chi connectivity index (χ3n) is 4.60. The summed E-state index contributed by atoms with van der Waals surface area (Å²) in [7, 11) is 0. The van der Waals surface area contributed by atoms with Gasteiger partial charge in [-0.05, 0) is 23.8 Å². The summed E-state index contributed by atoms with van der Waals surface area (Å²) in [5, 5.41) is 30.2. The highest BCUT2D eigenvalue weighted by atomic mass is 32.1. The van der Waals surface area contributed by atoms with Gasteiger partial charge in [-0.3, -0.25) is 20.2 Å². The van der Waals surface area contributed by atoms with Crippen LogP contribution in [0.1, 0.15) is 28.7 Å². The highest BCUT2D eigenvalue weighted by Gasteiger charge is 2.19. The molecule has 10 nitrogen and oxygen atoms in total. The van der Waals surface area contributed by atoms with Crippen molar-refractivity contribution in [2.45, 2.75) is 19.9 Å². The van der Waals surface area contributed by atoms with Crippen LogP contribution in [0.15, 0.2) is 48.5 Å². The number of aryl methyl sites for hydroxylation is 1. The minimum absolute atomic E-state index is 0.0535. The molecule has 0 aliphatic carbocycles. The largest absolute Gasteiger partial charge is 0.358 e. The van der Waals surface area contributed by atoms with Gasteiger partial charge in [0.05, 0.1) is 4.92 Å². The summed E-state index contributed by atoms with van der Waals surface area (Å²) in [5.74, 6) is 0.180. The van der Waals surface area contributed by atoms with E-state index >= 15 is 0 Å². The number of rotatable bonds is 6. The Morgan fingerprint density at radius 3 is 2.66 bits per heavy atom. The van der Waals surface area contributed by atoms with Crippen molar-refractivity contribution in [2.75, 3.05) is 0 Å². The zero-order valence-corrected chi connectivity index (χ0v) is 18.4. The average molecular weight is 468 g/mol. The van der Waals surface area contributed by atoms with Gasteiger partial charge in [-0.25, -0.2) is 0 Å². The fourth-order valence-electron chi connectivity index (χ4n) is 2.98. The molecule has 0 saturated carbocycles. The number of carbonyl (C=O) groups is 1. The maximum atomic E-state index is 12.3. The van der Waals surface area contributed by atoms with Crippen molar-refractivity contribution < 1.29 is 9.72 Å². The molecule has 2 heterocycles. The summed E-state index contributed by atoms with van der Waals surface area (Å²) in [6, 6.07) is 13.5. The number of amides is 1. The standard InChI is InChI=1S/C20H17N7O3S2/c1-2-16-23-24-20-26(16)25-18(32-20)13-9-7-12(8-10-13)11-21-19(31)22-17(28)14-5-3-4-6-15(14)27(29)30/h3-10H,2,11H2,1H3,(H2,21,22,28,31). The Morgan fingerprint density at radius 1 is 1.19 bits per heavy atom. The number of hydrogen-bond donors (Lipinski definition) is 2. The van der Waals surface area contributed by atoms with Gasteiger partial charge in [0.1, 0.15) is 10.6 Å². The lowest BCUT2D eigenvalue weighted by Crippen LogP contribution is -2.39. The van der Waals surface area contributed by atoms with Crippen LogP contribution in [0.3, 0.4) is 0 Å². The van der Waals surface area contributed by atoms with Gasteiger partial charge in [-0.1, -0.05) is 54.7 Å². The number of carbonyl (C=O) groups excluding carboxylic acids is 1. The number of nitro benzene ring substituents is 1. The molecule has 1 amide bonds. The van der Waals surface area contributed by atoms with Crippen LogP contribution < -0.4 is 10.6 Å². The molecule has 2 aromatic heterocycles. The molecular weight excluding hydrogens is 450 g/mol. The second kappa shape index (κ2) is 9.16. The van der Waals surface area contributed by atoms with Crippen molar-refractivity contribution in [2.24, 2.45) is 0 Å². The van der Waals surface area contributed by atoms with E-state index in [2.05, 4.69) is 25.9 Å². The normalized spacial score (nSPS) is 10.8. The Bertz CT molecular complexity index is 1310. The SMILES string of the molecule is CCc1nnc2sc(-c3ccc(CNC(=S)NC(=O)c4ccccc4[N+](=O)[O-])cc3)nn12. The van der Waals surface area contributed by atoms with Crippen molar-refractivity contribution in [1.82, 2.24) is 30.4 Å². The van der Waals surface area contributed by atoms with Crippen LogP contribution in [0, 0.1) is 10.1 Å². The van der Waals surface area contributed by atoms with Gasteiger partial charge in [-0.2, -0.15) is 9.61 Å². The van der Waals surface area contributed by atoms with Gasteiger partial charge >= 0.3 is 0 Å². The number of nitro groups is 1. The van der Waals surface area contributed by atoms with Gasteiger partial charge in [0.2, 0.25) is 4.96 Å². The molecule has 0 unspecified atom stereocenters. The number of hydrogen-bond acceptors (Lipinski definition) is 8. The molecule has 0 radical (unpaired) electrons. The van der Waals surface area contributed by atoms with Crippen molar-refractivity contribution in [3.8, 4) is 10.6 Å². The van der Waals surface area contributed by atoms with E-state index in [-0.39, 0.29) is 16.4 Å².